The van der Waals surface area contributed by atoms with Crippen molar-refractivity contribution in [3.63, 3.8) is 0 Å². The van der Waals surface area contributed by atoms with Crippen LogP contribution in [-0.2, 0) is 11.3 Å². The van der Waals surface area contributed by atoms with E-state index in [2.05, 4.69) is 24.1 Å². The number of ether oxygens (including phenoxy) is 1. The number of hydrogen-bond acceptors (Lipinski definition) is 3. The summed E-state index contributed by atoms with van der Waals surface area (Å²) in [5.74, 6) is 0. The molecule has 4 heteroatoms. The fourth-order valence-corrected chi connectivity index (χ4v) is 2.24. The second kappa shape index (κ2) is 7.10. The predicted molar refractivity (Wildman–Crippen MR) is 79.4 cm³/mol. The lowest BCUT2D eigenvalue weighted by Crippen LogP contribution is -2.54. The van der Waals surface area contributed by atoms with E-state index in [0.717, 1.165) is 18.4 Å². The molecule has 1 fully saturated rings. The maximum atomic E-state index is 11.6. The van der Waals surface area contributed by atoms with Gasteiger partial charge in [-0.3, -0.25) is 0 Å². The standard InChI is InChI=1S/C16H22N2O2/c1-3-12(2)17-14-9-15(10-14)18-16(19)20-11-13-7-5-4-6-8-13/h3-8,12,14-15,17H,1,9-11H2,2H3,(H,18,19). The fraction of sp³-hybridized carbons (Fsp3) is 0.438. The van der Waals surface area contributed by atoms with Crippen LogP contribution in [0.1, 0.15) is 25.3 Å². The second-order valence-corrected chi connectivity index (χ2v) is 5.26. The zero-order chi connectivity index (χ0) is 14.4. The number of amides is 1. The number of carbonyl (C=O) groups is 1. The molecule has 108 valence electrons. The van der Waals surface area contributed by atoms with E-state index in [4.69, 9.17) is 4.74 Å². The summed E-state index contributed by atoms with van der Waals surface area (Å²) in [6, 6.07) is 10.7. The van der Waals surface area contributed by atoms with Crippen molar-refractivity contribution in [2.24, 2.45) is 0 Å². The Bertz CT molecular complexity index is 441. The lowest BCUT2D eigenvalue weighted by atomic mass is 9.86. The van der Waals surface area contributed by atoms with Gasteiger partial charge in [-0.25, -0.2) is 4.79 Å². The highest BCUT2D eigenvalue weighted by Crippen LogP contribution is 2.20. The van der Waals surface area contributed by atoms with Crippen molar-refractivity contribution in [2.75, 3.05) is 0 Å². The summed E-state index contributed by atoms with van der Waals surface area (Å²) in [6.45, 7) is 6.13. The molecule has 1 aromatic rings. The van der Waals surface area contributed by atoms with Crippen molar-refractivity contribution in [1.29, 1.82) is 0 Å². The van der Waals surface area contributed by atoms with Gasteiger partial charge in [0.25, 0.3) is 0 Å². The monoisotopic (exact) mass is 274 g/mol. The minimum absolute atomic E-state index is 0.216. The van der Waals surface area contributed by atoms with E-state index >= 15 is 0 Å². The molecule has 20 heavy (non-hydrogen) atoms. The number of alkyl carbamates (subject to hydrolysis) is 1. The van der Waals surface area contributed by atoms with E-state index < -0.39 is 0 Å². The van der Waals surface area contributed by atoms with Gasteiger partial charge in [0.15, 0.2) is 0 Å². The Labute approximate surface area is 120 Å². The molecule has 1 aromatic carbocycles. The summed E-state index contributed by atoms with van der Waals surface area (Å²) in [6.07, 6.45) is 3.43. The zero-order valence-corrected chi connectivity index (χ0v) is 11.8. The lowest BCUT2D eigenvalue weighted by molar-refractivity contribution is 0.125. The Kier molecular flexibility index (Phi) is 5.18. The minimum atomic E-state index is -0.339. The first-order valence-corrected chi connectivity index (χ1v) is 7.03. The van der Waals surface area contributed by atoms with Crippen molar-refractivity contribution in [3.05, 3.63) is 48.6 Å². The molecule has 1 amide bonds. The van der Waals surface area contributed by atoms with E-state index in [-0.39, 0.29) is 12.1 Å². The highest BCUT2D eigenvalue weighted by Gasteiger charge is 2.30. The molecular formula is C16H22N2O2. The van der Waals surface area contributed by atoms with Gasteiger partial charge in [0.1, 0.15) is 6.61 Å². The van der Waals surface area contributed by atoms with Gasteiger partial charge >= 0.3 is 6.09 Å². The molecule has 0 aromatic heterocycles. The smallest absolute Gasteiger partial charge is 0.407 e. The molecule has 0 heterocycles. The summed E-state index contributed by atoms with van der Waals surface area (Å²) in [7, 11) is 0. The van der Waals surface area contributed by atoms with Crippen molar-refractivity contribution in [3.8, 4) is 0 Å². The number of nitrogens with one attached hydrogen (secondary N) is 2. The average Bonchev–Trinajstić information content (AvgIpc) is 2.43. The summed E-state index contributed by atoms with van der Waals surface area (Å²) >= 11 is 0. The topological polar surface area (TPSA) is 50.4 Å². The summed E-state index contributed by atoms with van der Waals surface area (Å²) < 4.78 is 5.19. The number of carbonyl (C=O) groups excluding carboxylic acids is 1. The molecule has 0 radical (unpaired) electrons. The van der Waals surface area contributed by atoms with Gasteiger partial charge in [0, 0.05) is 18.1 Å². The highest BCUT2D eigenvalue weighted by atomic mass is 16.5. The summed E-state index contributed by atoms with van der Waals surface area (Å²) in [5, 5.41) is 6.30. The largest absolute Gasteiger partial charge is 0.445 e. The van der Waals surface area contributed by atoms with Crippen LogP contribution < -0.4 is 10.6 Å². The summed E-state index contributed by atoms with van der Waals surface area (Å²) in [4.78, 5) is 11.6. The van der Waals surface area contributed by atoms with Gasteiger partial charge in [-0.2, -0.15) is 0 Å². The van der Waals surface area contributed by atoms with Crippen LogP contribution in [0.25, 0.3) is 0 Å². The molecule has 1 atom stereocenters. The molecule has 2 N–H and O–H groups in total. The van der Waals surface area contributed by atoms with Crippen LogP contribution in [0.15, 0.2) is 43.0 Å². The number of hydrogen-bond donors (Lipinski definition) is 2. The maximum Gasteiger partial charge on any atom is 0.407 e. The summed E-state index contributed by atoms with van der Waals surface area (Å²) in [5.41, 5.74) is 0.996. The molecule has 1 aliphatic carbocycles. The van der Waals surface area contributed by atoms with Gasteiger partial charge in [0.05, 0.1) is 0 Å². The average molecular weight is 274 g/mol. The predicted octanol–water partition coefficient (Wildman–Crippen LogP) is 2.61. The van der Waals surface area contributed by atoms with Gasteiger partial charge in [0.2, 0.25) is 0 Å². The van der Waals surface area contributed by atoms with Crippen LogP contribution >= 0.6 is 0 Å². The fourth-order valence-electron chi connectivity index (χ4n) is 2.24. The van der Waals surface area contributed by atoms with E-state index in [0.29, 0.717) is 18.7 Å². The van der Waals surface area contributed by atoms with Crippen LogP contribution in [0.2, 0.25) is 0 Å². The van der Waals surface area contributed by atoms with Gasteiger partial charge in [-0.05, 0) is 25.3 Å². The third-order valence-corrected chi connectivity index (χ3v) is 3.52. The van der Waals surface area contributed by atoms with Crippen molar-refractivity contribution >= 4 is 6.09 Å². The Morgan fingerprint density at radius 2 is 2.10 bits per heavy atom. The zero-order valence-electron chi connectivity index (χ0n) is 11.8. The molecule has 1 unspecified atom stereocenters. The Morgan fingerprint density at radius 3 is 2.75 bits per heavy atom. The molecule has 0 bridgehead atoms. The third kappa shape index (κ3) is 4.38. The van der Waals surface area contributed by atoms with E-state index in [9.17, 15) is 4.79 Å². The molecule has 0 aliphatic heterocycles. The minimum Gasteiger partial charge on any atom is -0.445 e. The van der Waals surface area contributed by atoms with Crippen LogP contribution in [0.4, 0.5) is 4.79 Å². The Hall–Kier alpha value is -1.81. The third-order valence-electron chi connectivity index (χ3n) is 3.52. The van der Waals surface area contributed by atoms with Crippen molar-refractivity contribution < 1.29 is 9.53 Å². The first-order valence-electron chi connectivity index (χ1n) is 7.03. The van der Waals surface area contributed by atoms with Crippen molar-refractivity contribution in [1.82, 2.24) is 10.6 Å². The SMILES string of the molecule is C=CC(C)NC1CC(NC(=O)OCc2ccccc2)C1. The normalized spacial score (nSPS) is 22.4. The first-order chi connectivity index (χ1) is 9.67. The molecule has 2 rings (SSSR count). The van der Waals surface area contributed by atoms with Gasteiger partial charge < -0.3 is 15.4 Å². The molecule has 1 saturated carbocycles. The Morgan fingerprint density at radius 1 is 1.40 bits per heavy atom. The van der Waals surface area contributed by atoms with Crippen LogP contribution in [0.3, 0.4) is 0 Å². The van der Waals surface area contributed by atoms with Gasteiger partial charge in [-0.1, -0.05) is 36.4 Å². The van der Waals surface area contributed by atoms with Crippen LogP contribution in [0.5, 0.6) is 0 Å². The van der Waals surface area contributed by atoms with Gasteiger partial charge in [-0.15, -0.1) is 6.58 Å². The second-order valence-electron chi connectivity index (χ2n) is 5.26. The molecule has 0 saturated heterocycles. The Balaban J connectivity index is 1.61. The highest BCUT2D eigenvalue weighted by molar-refractivity contribution is 5.67. The first kappa shape index (κ1) is 14.6. The quantitative estimate of drug-likeness (QED) is 0.784. The van der Waals surface area contributed by atoms with Crippen molar-refractivity contribution in [2.45, 2.75) is 44.5 Å². The number of rotatable bonds is 6. The molecule has 0 spiro atoms. The maximum absolute atomic E-state index is 11.6. The lowest BCUT2D eigenvalue weighted by Gasteiger charge is -2.37. The molecule has 4 nitrogen and oxygen atoms in total. The number of benzene rings is 1. The van der Waals surface area contributed by atoms with E-state index in [1.54, 1.807) is 0 Å². The van der Waals surface area contributed by atoms with E-state index in [1.807, 2.05) is 36.4 Å². The van der Waals surface area contributed by atoms with E-state index in [1.165, 1.54) is 0 Å². The van der Waals surface area contributed by atoms with Crippen LogP contribution in [0, 0.1) is 0 Å². The molecule has 1 aliphatic rings. The van der Waals surface area contributed by atoms with Crippen LogP contribution in [-0.4, -0.2) is 24.2 Å². The molecular weight excluding hydrogens is 252 g/mol.